The molecule has 2 heteroatoms. The first kappa shape index (κ1) is 13.7. The molecular formula is C19H19NO. The Morgan fingerprint density at radius 3 is 2.19 bits per heavy atom. The van der Waals surface area contributed by atoms with Gasteiger partial charge >= 0.3 is 0 Å². The van der Waals surface area contributed by atoms with E-state index in [2.05, 4.69) is 59.9 Å². The van der Waals surface area contributed by atoms with E-state index >= 15 is 0 Å². The van der Waals surface area contributed by atoms with Gasteiger partial charge in [-0.15, -0.1) is 0 Å². The maximum Gasteiger partial charge on any atom is 0.119 e. The van der Waals surface area contributed by atoms with Crippen molar-refractivity contribution in [1.29, 1.82) is 0 Å². The molecule has 1 N–H and O–H groups in total. The summed E-state index contributed by atoms with van der Waals surface area (Å²) in [6, 6.07) is 21.4. The lowest BCUT2D eigenvalue weighted by molar-refractivity contribution is 0.415. The highest BCUT2D eigenvalue weighted by Crippen LogP contribution is 2.27. The highest BCUT2D eigenvalue weighted by molar-refractivity contribution is 5.88. The monoisotopic (exact) mass is 277 g/mol. The SMILES string of the molecule is CNCc1ccc(-c2ccc3cc(OC)ccc3c2)cc1. The molecule has 106 valence electrons. The lowest BCUT2D eigenvalue weighted by atomic mass is 10.00. The van der Waals surface area contributed by atoms with E-state index in [0.717, 1.165) is 12.3 Å². The first-order valence-electron chi connectivity index (χ1n) is 7.12. The van der Waals surface area contributed by atoms with Crippen molar-refractivity contribution >= 4 is 10.8 Å². The van der Waals surface area contributed by atoms with E-state index in [0.29, 0.717) is 0 Å². The van der Waals surface area contributed by atoms with Gasteiger partial charge < -0.3 is 10.1 Å². The number of ether oxygens (including phenoxy) is 1. The molecule has 2 nitrogen and oxygen atoms in total. The van der Waals surface area contributed by atoms with Crippen molar-refractivity contribution in [3.05, 3.63) is 66.2 Å². The van der Waals surface area contributed by atoms with Gasteiger partial charge in [-0.05, 0) is 52.7 Å². The highest BCUT2D eigenvalue weighted by atomic mass is 16.5. The fraction of sp³-hybridized carbons (Fsp3) is 0.158. The molecule has 0 radical (unpaired) electrons. The molecule has 0 bridgehead atoms. The van der Waals surface area contributed by atoms with Crippen LogP contribution in [0.25, 0.3) is 21.9 Å². The quantitative estimate of drug-likeness (QED) is 0.770. The zero-order chi connectivity index (χ0) is 14.7. The molecule has 0 atom stereocenters. The second-order valence-corrected chi connectivity index (χ2v) is 5.16. The van der Waals surface area contributed by atoms with Crippen LogP contribution >= 0.6 is 0 Å². The van der Waals surface area contributed by atoms with Crippen molar-refractivity contribution in [3.8, 4) is 16.9 Å². The summed E-state index contributed by atoms with van der Waals surface area (Å²) in [7, 11) is 3.66. The molecule has 0 fully saturated rings. The van der Waals surface area contributed by atoms with E-state index in [1.165, 1.54) is 27.5 Å². The minimum absolute atomic E-state index is 0.895. The average Bonchev–Trinajstić information content (AvgIpc) is 2.55. The van der Waals surface area contributed by atoms with Crippen LogP contribution in [0.4, 0.5) is 0 Å². The normalized spacial score (nSPS) is 10.8. The second kappa shape index (κ2) is 5.98. The van der Waals surface area contributed by atoms with Gasteiger partial charge in [-0.1, -0.05) is 42.5 Å². The molecule has 0 spiro atoms. The summed E-state index contributed by atoms with van der Waals surface area (Å²) in [6.45, 7) is 0.901. The molecule has 0 heterocycles. The number of nitrogens with one attached hydrogen (secondary N) is 1. The Morgan fingerprint density at radius 2 is 1.48 bits per heavy atom. The molecule has 3 rings (SSSR count). The predicted molar refractivity (Wildman–Crippen MR) is 88.7 cm³/mol. The zero-order valence-corrected chi connectivity index (χ0v) is 12.4. The molecule has 21 heavy (non-hydrogen) atoms. The van der Waals surface area contributed by atoms with E-state index in [1.54, 1.807) is 7.11 Å². The Labute approximate surface area is 125 Å². The highest BCUT2D eigenvalue weighted by Gasteiger charge is 2.01. The lowest BCUT2D eigenvalue weighted by Crippen LogP contribution is -2.04. The number of benzene rings is 3. The van der Waals surface area contributed by atoms with Gasteiger partial charge in [-0.2, -0.15) is 0 Å². The molecule has 0 saturated heterocycles. The lowest BCUT2D eigenvalue weighted by Gasteiger charge is -2.07. The smallest absolute Gasteiger partial charge is 0.119 e. The van der Waals surface area contributed by atoms with Crippen molar-refractivity contribution in [2.75, 3.05) is 14.2 Å². The van der Waals surface area contributed by atoms with Crippen LogP contribution in [-0.4, -0.2) is 14.2 Å². The molecule has 0 unspecified atom stereocenters. The van der Waals surface area contributed by atoms with Gasteiger partial charge in [0.2, 0.25) is 0 Å². The van der Waals surface area contributed by atoms with Gasteiger partial charge in [0, 0.05) is 6.54 Å². The number of fused-ring (bicyclic) bond motifs is 1. The van der Waals surface area contributed by atoms with Gasteiger partial charge in [0.15, 0.2) is 0 Å². The molecule has 3 aromatic rings. The molecule has 0 aromatic heterocycles. The van der Waals surface area contributed by atoms with Crippen LogP contribution in [0.3, 0.4) is 0 Å². The first-order valence-corrected chi connectivity index (χ1v) is 7.12. The molecule has 0 saturated carbocycles. The minimum Gasteiger partial charge on any atom is -0.497 e. The Bertz CT molecular complexity index is 747. The Kier molecular flexibility index (Phi) is 3.89. The Balaban J connectivity index is 1.96. The third-order valence-electron chi connectivity index (χ3n) is 3.72. The number of rotatable bonds is 4. The van der Waals surface area contributed by atoms with Crippen molar-refractivity contribution in [2.24, 2.45) is 0 Å². The molecular weight excluding hydrogens is 258 g/mol. The topological polar surface area (TPSA) is 21.3 Å². The van der Waals surface area contributed by atoms with Crippen LogP contribution < -0.4 is 10.1 Å². The summed E-state index contributed by atoms with van der Waals surface area (Å²) in [5.41, 5.74) is 3.78. The van der Waals surface area contributed by atoms with Crippen LogP contribution in [0.15, 0.2) is 60.7 Å². The van der Waals surface area contributed by atoms with Crippen LogP contribution in [0.2, 0.25) is 0 Å². The fourth-order valence-corrected chi connectivity index (χ4v) is 2.55. The average molecular weight is 277 g/mol. The molecule has 0 aliphatic rings. The second-order valence-electron chi connectivity index (χ2n) is 5.16. The van der Waals surface area contributed by atoms with Crippen LogP contribution in [0.1, 0.15) is 5.56 Å². The largest absolute Gasteiger partial charge is 0.497 e. The first-order chi connectivity index (χ1) is 10.3. The van der Waals surface area contributed by atoms with Crippen LogP contribution in [0, 0.1) is 0 Å². The van der Waals surface area contributed by atoms with E-state index in [9.17, 15) is 0 Å². The molecule has 3 aromatic carbocycles. The number of hydrogen-bond donors (Lipinski definition) is 1. The number of hydrogen-bond acceptors (Lipinski definition) is 2. The van der Waals surface area contributed by atoms with E-state index in [-0.39, 0.29) is 0 Å². The summed E-state index contributed by atoms with van der Waals surface area (Å²) >= 11 is 0. The Hall–Kier alpha value is -2.32. The van der Waals surface area contributed by atoms with E-state index in [4.69, 9.17) is 4.74 Å². The summed E-state index contributed by atoms with van der Waals surface area (Å²) in [6.07, 6.45) is 0. The van der Waals surface area contributed by atoms with Crippen LogP contribution in [-0.2, 0) is 6.54 Å². The summed E-state index contributed by atoms with van der Waals surface area (Å²) in [4.78, 5) is 0. The summed E-state index contributed by atoms with van der Waals surface area (Å²) < 4.78 is 5.27. The molecule has 0 amide bonds. The van der Waals surface area contributed by atoms with Crippen molar-refractivity contribution in [2.45, 2.75) is 6.54 Å². The summed E-state index contributed by atoms with van der Waals surface area (Å²) in [5, 5.41) is 5.59. The molecule has 0 aliphatic carbocycles. The van der Waals surface area contributed by atoms with Gasteiger partial charge in [-0.25, -0.2) is 0 Å². The third kappa shape index (κ3) is 2.91. The fourth-order valence-electron chi connectivity index (χ4n) is 2.55. The zero-order valence-electron chi connectivity index (χ0n) is 12.4. The van der Waals surface area contributed by atoms with E-state index < -0.39 is 0 Å². The van der Waals surface area contributed by atoms with Crippen molar-refractivity contribution in [1.82, 2.24) is 5.32 Å². The van der Waals surface area contributed by atoms with Crippen molar-refractivity contribution < 1.29 is 4.74 Å². The summed E-state index contributed by atoms with van der Waals surface area (Å²) in [5.74, 6) is 0.895. The third-order valence-corrected chi connectivity index (χ3v) is 3.72. The van der Waals surface area contributed by atoms with Gasteiger partial charge in [0.05, 0.1) is 7.11 Å². The minimum atomic E-state index is 0.895. The maximum atomic E-state index is 5.27. The van der Waals surface area contributed by atoms with Gasteiger partial charge in [-0.3, -0.25) is 0 Å². The molecule has 0 aliphatic heterocycles. The van der Waals surface area contributed by atoms with E-state index in [1.807, 2.05) is 13.1 Å². The van der Waals surface area contributed by atoms with Crippen molar-refractivity contribution in [3.63, 3.8) is 0 Å². The predicted octanol–water partition coefficient (Wildman–Crippen LogP) is 4.23. The standard InChI is InChI=1S/C19H19NO/c1-20-13-14-3-5-15(6-4-14)16-7-8-18-12-19(21-2)10-9-17(18)11-16/h3-12,20H,13H2,1-2H3. The number of methoxy groups -OCH3 is 1. The maximum absolute atomic E-state index is 5.27. The van der Waals surface area contributed by atoms with Gasteiger partial charge in [0.25, 0.3) is 0 Å². The Morgan fingerprint density at radius 1 is 0.810 bits per heavy atom. The van der Waals surface area contributed by atoms with Gasteiger partial charge in [0.1, 0.15) is 5.75 Å². The van der Waals surface area contributed by atoms with Crippen LogP contribution in [0.5, 0.6) is 5.75 Å².